The summed E-state index contributed by atoms with van der Waals surface area (Å²) < 4.78 is 19.1. The molecule has 2 rings (SSSR count). The van der Waals surface area contributed by atoms with Crippen LogP contribution in [0.2, 0.25) is 0 Å². The summed E-state index contributed by atoms with van der Waals surface area (Å²) in [7, 11) is 0. The zero-order chi connectivity index (χ0) is 14.5. The van der Waals surface area contributed by atoms with E-state index >= 15 is 0 Å². The first-order valence-electron chi connectivity index (χ1n) is 6.90. The summed E-state index contributed by atoms with van der Waals surface area (Å²) >= 11 is 3.14. The SMILES string of the molecule is CCCN1CCOC(C(=O)Cc2ccc(F)c(Br)c2)C1. The van der Waals surface area contributed by atoms with Crippen molar-refractivity contribution in [2.45, 2.75) is 25.9 Å². The van der Waals surface area contributed by atoms with E-state index < -0.39 is 0 Å². The van der Waals surface area contributed by atoms with Crippen molar-refractivity contribution in [3.63, 3.8) is 0 Å². The average molecular weight is 344 g/mol. The van der Waals surface area contributed by atoms with E-state index in [-0.39, 0.29) is 24.1 Å². The quantitative estimate of drug-likeness (QED) is 0.823. The molecular formula is C15H19BrFNO2. The summed E-state index contributed by atoms with van der Waals surface area (Å²) in [6, 6.07) is 4.67. The van der Waals surface area contributed by atoms with Gasteiger partial charge in [0.05, 0.1) is 11.1 Å². The largest absolute Gasteiger partial charge is 0.368 e. The lowest BCUT2D eigenvalue weighted by atomic mass is 10.0. The first-order valence-corrected chi connectivity index (χ1v) is 7.70. The molecule has 1 unspecified atom stereocenters. The molecule has 5 heteroatoms. The number of Topliss-reactive ketones (excluding diaryl/α,β-unsaturated/α-hetero) is 1. The average Bonchev–Trinajstić information content (AvgIpc) is 2.43. The van der Waals surface area contributed by atoms with Crippen LogP contribution in [0.5, 0.6) is 0 Å². The van der Waals surface area contributed by atoms with Crippen LogP contribution in [-0.4, -0.2) is 43.0 Å². The van der Waals surface area contributed by atoms with E-state index in [0.717, 1.165) is 25.1 Å². The molecule has 0 amide bonds. The highest BCUT2D eigenvalue weighted by Gasteiger charge is 2.26. The van der Waals surface area contributed by atoms with Gasteiger partial charge in [-0.3, -0.25) is 9.69 Å². The molecule has 1 aromatic rings. The van der Waals surface area contributed by atoms with Crippen LogP contribution in [0.4, 0.5) is 4.39 Å². The Morgan fingerprint density at radius 2 is 2.35 bits per heavy atom. The van der Waals surface area contributed by atoms with Crippen molar-refractivity contribution < 1.29 is 13.9 Å². The molecule has 110 valence electrons. The maximum Gasteiger partial charge on any atom is 0.167 e. The smallest absolute Gasteiger partial charge is 0.167 e. The number of morpholine rings is 1. The van der Waals surface area contributed by atoms with Crippen molar-refractivity contribution >= 4 is 21.7 Å². The Kier molecular flexibility index (Phi) is 5.69. The maximum absolute atomic E-state index is 13.2. The molecular weight excluding hydrogens is 325 g/mol. The van der Waals surface area contributed by atoms with Gasteiger partial charge in [-0.15, -0.1) is 0 Å². The summed E-state index contributed by atoms with van der Waals surface area (Å²) in [6.07, 6.45) is 0.995. The third-order valence-corrected chi connectivity index (χ3v) is 4.02. The number of carbonyl (C=O) groups excluding carboxylic acids is 1. The Balaban J connectivity index is 1.95. The normalized spacial score (nSPS) is 20.1. The van der Waals surface area contributed by atoms with Crippen LogP contribution in [0.1, 0.15) is 18.9 Å². The number of carbonyl (C=O) groups is 1. The van der Waals surface area contributed by atoms with Gasteiger partial charge in [0.15, 0.2) is 5.78 Å². The first-order chi connectivity index (χ1) is 9.60. The van der Waals surface area contributed by atoms with Crippen molar-refractivity contribution in [1.82, 2.24) is 4.90 Å². The molecule has 3 nitrogen and oxygen atoms in total. The molecule has 0 bridgehead atoms. The molecule has 1 atom stereocenters. The van der Waals surface area contributed by atoms with E-state index in [1.807, 2.05) is 0 Å². The second kappa shape index (κ2) is 7.29. The second-order valence-electron chi connectivity index (χ2n) is 5.05. The van der Waals surface area contributed by atoms with Crippen molar-refractivity contribution in [3.05, 3.63) is 34.1 Å². The predicted molar refractivity (Wildman–Crippen MR) is 79.3 cm³/mol. The van der Waals surface area contributed by atoms with Crippen LogP contribution in [-0.2, 0) is 16.0 Å². The Bertz CT molecular complexity index is 479. The van der Waals surface area contributed by atoms with Gasteiger partial charge in [-0.05, 0) is 46.6 Å². The van der Waals surface area contributed by atoms with Gasteiger partial charge in [0.25, 0.3) is 0 Å². The van der Waals surface area contributed by atoms with Crippen LogP contribution in [0.25, 0.3) is 0 Å². The summed E-state index contributed by atoms with van der Waals surface area (Å²) in [5.74, 6) is -0.256. The Hall–Kier alpha value is -0.780. The molecule has 0 aliphatic carbocycles. The molecule has 0 saturated carbocycles. The third kappa shape index (κ3) is 4.11. The molecule has 1 aromatic carbocycles. The van der Waals surface area contributed by atoms with Crippen molar-refractivity contribution in [2.24, 2.45) is 0 Å². The number of ether oxygens (including phenoxy) is 1. The van der Waals surface area contributed by atoms with Crippen LogP contribution in [0, 0.1) is 5.82 Å². The molecule has 20 heavy (non-hydrogen) atoms. The van der Waals surface area contributed by atoms with Crippen LogP contribution >= 0.6 is 15.9 Å². The summed E-state index contributed by atoms with van der Waals surface area (Å²) in [5, 5.41) is 0. The lowest BCUT2D eigenvalue weighted by molar-refractivity contribution is -0.135. The standard InChI is InChI=1S/C15H19BrFNO2/c1-2-5-18-6-7-20-15(10-18)14(19)9-11-3-4-13(17)12(16)8-11/h3-4,8,15H,2,5-7,9-10H2,1H3. The minimum Gasteiger partial charge on any atom is -0.368 e. The second-order valence-corrected chi connectivity index (χ2v) is 5.91. The van der Waals surface area contributed by atoms with Crippen molar-refractivity contribution in [3.8, 4) is 0 Å². The molecule has 1 saturated heterocycles. The molecule has 0 aromatic heterocycles. The summed E-state index contributed by atoms with van der Waals surface area (Å²) in [4.78, 5) is 14.5. The lowest BCUT2D eigenvalue weighted by Gasteiger charge is -2.31. The maximum atomic E-state index is 13.2. The van der Waals surface area contributed by atoms with Crippen LogP contribution in [0.3, 0.4) is 0 Å². The van der Waals surface area contributed by atoms with Crippen LogP contribution < -0.4 is 0 Å². The van der Waals surface area contributed by atoms with E-state index in [2.05, 4.69) is 27.8 Å². The van der Waals surface area contributed by atoms with Crippen molar-refractivity contribution in [1.29, 1.82) is 0 Å². The highest BCUT2D eigenvalue weighted by molar-refractivity contribution is 9.10. The van der Waals surface area contributed by atoms with Gasteiger partial charge in [-0.2, -0.15) is 0 Å². The zero-order valence-electron chi connectivity index (χ0n) is 11.6. The number of rotatable bonds is 5. The molecule has 0 spiro atoms. The predicted octanol–water partition coefficient (Wildman–Crippen LogP) is 2.81. The van der Waals surface area contributed by atoms with Crippen molar-refractivity contribution in [2.75, 3.05) is 26.2 Å². The van der Waals surface area contributed by atoms with E-state index in [9.17, 15) is 9.18 Å². The van der Waals surface area contributed by atoms with Gasteiger partial charge in [-0.1, -0.05) is 13.0 Å². The molecule has 1 aliphatic rings. The summed E-state index contributed by atoms with van der Waals surface area (Å²) in [6.45, 7) is 5.27. The molecule has 0 N–H and O–H groups in total. The topological polar surface area (TPSA) is 29.5 Å². The first kappa shape index (κ1) is 15.6. The minimum atomic E-state index is -0.362. The number of halogens is 2. The van der Waals surface area contributed by atoms with Gasteiger partial charge in [0, 0.05) is 19.5 Å². The number of hydrogen-bond acceptors (Lipinski definition) is 3. The fourth-order valence-electron chi connectivity index (χ4n) is 2.38. The molecule has 1 heterocycles. The van der Waals surface area contributed by atoms with E-state index in [1.54, 1.807) is 12.1 Å². The Morgan fingerprint density at radius 3 is 3.05 bits per heavy atom. The highest BCUT2D eigenvalue weighted by Crippen LogP contribution is 2.18. The highest BCUT2D eigenvalue weighted by atomic mass is 79.9. The molecule has 0 radical (unpaired) electrons. The Morgan fingerprint density at radius 1 is 1.55 bits per heavy atom. The number of nitrogens with zero attached hydrogens (tertiary/aromatic N) is 1. The van der Waals surface area contributed by atoms with Gasteiger partial charge < -0.3 is 4.74 Å². The number of hydrogen-bond donors (Lipinski definition) is 0. The molecule has 1 fully saturated rings. The van der Waals surface area contributed by atoms with E-state index in [1.165, 1.54) is 6.07 Å². The summed E-state index contributed by atoms with van der Waals surface area (Å²) in [5.41, 5.74) is 0.805. The van der Waals surface area contributed by atoms with E-state index in [4.69, 9.17) is 4.74 Å². The molecule has 1 aliphatic heterocycles. The zero-order valence-corrected chi connectivity index (χ0v) is 13.2. The van der Waals surface area contributed by atoms with E-state index in [0.29, 0.717) is 17.6 Å². The van der Waals surface area contributed by atoms with Gasteiger partial charge in [0.2, 0.25) is 0 Å². The Labute approximate surface area is 127 Å². The van der Waals surface area contributed by atoms with Gasteiger partial charge >= 0.3 is 0 Å². The monoisotopic (exact) mass is 343 g/mol. The fraction of sp³-hybridized carbons (Fsp3) is 0.533. The fourth-order valence-corrected chi connectivity index (χ4v) is 2.81. The number of benzene rings is 1. The lowest BCUT2D eigenvalue weighted by Crippen LogP contribution is -2.46. The van der Waals surface area contributed by atoms with Gasteiger partial charge in [0.1, 0.15) is 11.9 Å². The minimum absolute atomic E-state index is 0.0595. The third-order valence-electron chi connectivity index (χ3n) is 3.41. The number of ketones is 1. The van der Waals surface area contributed by atoms with Gasteiger partial charge in [-0.25, -0.2) is 4.39 Å². The van der Waals surface area contributed by atoms with Crippen LogP contribution in [0.15, 0.2) is 22.7 Å².